The third kappa shape index (κ3) is 5.06. The number of hydrogen-bond donors (Lipinski definition) is 2. The maximum Gasteiger partial charge on any atom is 0.226 e. The molecular formula is C31H33Cl2N5OS. The molecule has 3 aromatic rings. The van der Waals surface area contributed by atoms with Crippen molar-refractivity contribution in [3.63, 3.8) is 0 Å². The minimum atomic E-state index is -0.305. The number of thiocarbonyl (C=S) groups is 1. The Bertz CT molecular complexity index is 1520. The van der Waals surface area contributed by atoms with Crippen molar-refractivity contribution in [2.24, 2.45) is 5.92 Å². The van der Waals surface area contributed by atoms with Gasteiger partial charge in [0.15, 0.2) is 5.11 Å². The predicted octanol–water partition coefficient (Wildman–Crippen LogP) is 7.79. The van der Waals surface area contributed by atoms with Gasteiger partial charge in [0, 0.05) is 41.1 Å². The van der Waals surface area contributed by atoms with Gasteiger partial charge in [-0.05, 0) is 86.6 Å². The summed E-state index contributed by atoms with van der Waals surface area (Å²) in [6.07, 6.45) is 4.06. The van der Waals surface area contributed by atoms with E-state index >= 15 is 0 Å². The number of halogens is 2. The zero-order valence-electron chi connectivity index (χ0n) is 23.4. The second-order valence-electron chi connectivity index (χ2n) is 11.2. The summed E-state index contributed by atoms with van der Waals surface area (Å²) in [6, 6.07) is 15.1. The fourth-order valence-corrected chi connectivity index (χ4v) is 6.23. The second kappa shape index (κ2) is 10.7. The molecule has 0 radical (unpaired) electrons. The van der Waals surface area contributed by atoms with Gasteiger partial charge in [0.25, 0.3) is 0 Å². The van der Waals surface area contributed by atoms with Gasteiger partial charge in [-0.3, -0.25) is 9.78 Å². The van der Waals surface area contributed by atoms with E-state index in [1.807, 2.05) is 55.1 Å². The van der Waals surface area contributed by atoms with E-state index < -0.39 is 0 Å². The molecule has 2 aromatic carbocycles. The van der Waals surface area contributed by atoms with Crippen molar-refractivity contribution in [2.45, 2.75) is 52.2 Å². The molecule has 6 nitrogen and oxygen atoms in total. The minimum Gasteiger partial charge on any atom is -0.365 e. The van der Waals surface area contributed by atoms with Gasteiger partial charge in [0.05, 0.1) is 34.0 Å². The standard InChI is InChI=1S/C31H33Cl2N5OS/c1-17(2)29(39)35-24-11-10-19(13-23(24)33)38-28(27(36-30(38)40)25-9-7-8-12-34-25)21-14-20-18(3)16-31(4,5)37(6)26(20)15-22(21)32/h7-17,27-28H,1-6H3,(H,35,39)(H,36,40)/t27-,28+/m0/s1. The maximum absolute atomic E-state index is 12.3. The molecule has 2 aliphatic rings. The Labute approximate surface area is 251 Å². The normalized spacial score (nSPS) is 19.8. The molecule has 2 N–H and O–H groups in total. The smallest absolute Gasteiger partial charge is 0.226 e. The minimum absolute atomic E-state index is 0.0986. The number of carbonyl (C=O) groups is 1. The van der Waals surface area contributed by atoms with Crippen LogP contribution >= 0.6 is 35.4 Å². The molecule has 1 aromatic heterocycles. The number of nitrogens with one attached hydrogen (secondary N) is 2. The van der Waals surface area contributed by atoms with Gasteiger partial charge < -0.3 is 20.4 Å². The second-order valence-corrected chi connectivity index (χ2v) is 12.4. The van der Waals surface area contributed by atoms with Gasteiger partial charge in [0.1, 0.15) is 0 Å². The molecule has 0 saturated carbocycles. The van der Waals surface area contributed by atoms with Crippen molar-refractivity contribution in [1.82, 2.24) is 10.3 Å². The Kier molecular flexibility index (Phi) is 7.59. The molecule has 9 heteroatoms. The number of rotatable bonds is 5. The maximum atomic E-state index is 12.3. The van der Waals surface area contributed by atoms with Crippen molar-refractivity contribution in [3.8, 4) is 0 Å². The lowest BCUT2D eigenvalue weighted by Crippen LogP contribution is -2.42. The van der Waals surface area contributed by atoms with Crippen LogP contribution in [0.4, 0.5) is 17.1 Å². The number of likely N-dealkylation sites (N-methyl/N-ethyl adjacent to an activating group) is 1. The number of hydrogen-bond acceptors (Lipinski definition) is 4. The van der Waals surface area contributed by atoms with Crippen molar-refractivity contribution in [2.75, 3.05) is 22.2 Å². The zero-order chi connectivity index (χ0) is 28.9. The van der Waals surface area contributed by atoms with E-state index in [9.17, 15) is 4.79 Å². The highest BCUT2D eigenvalue weighted by atomic mass is 35.5. The summed E-state index contributed by atoms with van der Waals surface area (Å²) in [7, 11) is 2.09. The van der Waals surface area contributed by atoms with Gasteiger partial charge in [-0.15, -0.1) is 0 Å². The lowest BCUT2D eigenvalue weighted by atomic mass is 9.86. The van der Waals surface area contributed by atoms with Crippen LogP contribution in [0.3, 0.4) is 0 Å². The molecule has 5 rings (SSSR count). The molecule has 3 heterocycles. The number of allylic oxidation sites excluding steroid dienone is 1. The monoisotopic (exact) mass is 593 g/mol. The van der Waals surface area contributed by atoms with Crippen molar-refractivity contribution in [3.05, 3.63) is 87.7 Å². The molecule has 0 spiro atoms. The highest BCUT2D eigenvalue weighted by Crippen LogP contribution is 2.48. The SMILES string of the molecule is CC1=CC(C)(C)N(C)c2cc(Cl)c([C@@H]3[C@H](c4ccccn4)NC(=S)N3c3ccc(NC(=O)C(C)C)c(Cl)c3)cc21. The van der Waals surface area contributed by atoms with E-state index in [-0.39, 0.29) is 29.4 Å². The van der Waals surface area contributed by atoms with E-state index in [0.29, 0.717) is 20.8 Å². The van der Waals surface area contributed by atoms with Gasteiger partial charge in [-0.25, -0.2) is 0 Å². The van der Waals surface area contributed by atoms with Gasteiger partial charge in [0.2, 0.25) is 5.91 Å². The van der Waals surface area contributed by atoms with Crippen LogP contribution in [0.15, 0.2) is 60.8 Å². The zero-order valence-corrected chi connectivity index (χ0v) is 25.7. The number of pyridine rings is 1. The largest absolute Gasteiger partial charge is 0.365 e. The Morgan fingerprint density at radius 1 is 1.12 bits per heavy atom. The lowest BCUT2D eigenvalue weighted by molar-refractivity contribution is -0.118. The van der Waals surface area contributed by atoms with Crippen LogP contribution in [-0.2, 0) is 4.79 Å². The first-order valence-corrected chi connectivity index (χ1v) is 14.4. The van der Waals surface area contributed by atoms with Crippen LogP contribution in [-0.4, -0.2) is 28.6 Å². The number of aromatic nitrogens is 1. The van der Waals surface area contributed by atoms with E-state index in [1.54, 1.807) is 6.20 Å². The first kappa shape index (κ1) is 28.4. The summed E-state index contributed by atoms with van der Waals surface area (Å²) in [6.45, 7) is 10.2. The third-order valence-corrected chi connectivity index (χ3v) is 8.72. The topological polar surface area (TPSA) is 60.5 Å². The Morgan fingerprint density at radius 2 is 1.88 bits per heavy atom. The number of benzene rings is 2. The molecular weight excluding hydrogens is 561 g/mol. The van der Waals surface area contributed by atoms with Crippen LogP contribution < -0.4 is 20.4 Å². The number of nitrogens with zero attached hydrogens (tertiary/aromatic N) is 3. The Balaban J connectivity index is 1.64. The summed E-state index contributed by atoms with van der Waals surface area (Å²) >= 11 is 19.7. The Morgan fingerprint density at radius 3 is 2.52 bits per heavy atom. The summed E-state index contributed by atoms with van der Waals surface area (Å²) in [5.74, 6) is -0.263. The Hall–Kier alpha value is -3.13. The van der Waals surface area contributed by atoms with Crippen molar-refractivity contribution >= 4 is 69.1 Å². The van der Waals surface area contributed by atoms with Crippen LogP contribution in [0.2, 0.25) is 10.0 Å². The number of fused-ring (bicyclic) bond motifs is 1. The van der Waals surface area contributed by atoms with Gasteiger partial charge in [-0.1, -0.05) is 49.2 Å². The quantitative estimate of drug-likeness (QED) is 0.294. The molecule has 1 saturated heterocycles. The molecule has 0 aliphatic carbocycles. The summed E-state index contributed by atoms with van der Waals surface area (Å²) in [5, 5.41) is 7.99. The first-order chi connectivity index (χ1) is 18.9. The molecule has 0 unspecified atom stereocenters. The fourth-order valence-electron chi connectivity index (χ4n) is 5.40. The predicted molar refractivity (Wildman–Crippen MR) is 170 cm³/mol. The van der Waals surface area contributed by atoms with Crippen molar-refractivity contribution < 1.29 is 4.79 Å². The van der Waals surface area contributed by atoms with Crippen LogP contribution in [0.5, 0.6) is 0 Å². The average Bonchev–Trinajstić information content (AvgIpc) is 3.25. The van der Waals surface area contributed by atoms with Crippen molar-refractivity contribution in [1.29, 1.82) is 0 Å². The first-order valence-electron chi connectivity index (χ1n) is 13.3. The van der Waals surface area contributed by atoms with Crippen LogP contribution in [0.1, 0.15) is 63.5 Å². The molecule has 0 bridgehead atoms. The highest BCUT2D eigenvalue weighted by molar-refractivity contribution is 7.80. The number of anilines is 3. The van der Waals surface area contributed by atoms with E-state index in [0.717, 1.165) is 28.2 Å². The van der Waals surface area contributed by atoms with Gasteiger partial charge >= 0.3 is 0 Å². The summed E-state index contributed by atoms with van der Waals surface area (Å²) in [4.78, 5) is 21.2. The number of amides is 1. The summed E-state index contributed by atoms with van der Waals surface area (Å²) < 4.78 is 0. The average molecular weight is 595 g/mol. The van der Waals surface area contributed by atoms with Crippen LogP contribution in [0, 0.1) is 5.92 Å². The molecule has 2 atom stereocenters. The highest BCUT2D eigenvalue weighted by Gasteiger charge is 2.42. The summed E-state index contributed by atoms with van der Waals surface area (Å²) in [5.41, 5.74) is 6.39. The fraction of sp³-hybridized carbons (Fsp3) is 0.323. The molecule has 1 fully saturated rings. The lowest BCUT2D eigenvalue weighted by Gasteiger charge is -2.41. The van der Waals surface area contributed by atoms with E-state index in [4.69, 9.17) is 35.4 Å². The van der Waals surface area contributed by atoms with Gasteiger partial charge in [-0.2, -0.15) is 0 Å². The number of carbonyl (C=O) groups excluding carboxylic acids is 1. The third-order valence-electron chi connectivity index (χ3n) is 7.77. The molecule has 1 amide bonds. The molecule has 2 aliphatic heterocycles. The van der Waals surface area contributed by atoms with Crippen LogP contribution in [0.25, 0.3) is 5.57 Å². The molecule has 40 heavy (non-hydrogen) atoms. The van der Waals surface area contributed by atoms with E-state index in [2.05, 4.69) is 66.5 Å². The van der Waals surface area contributed by atoms with E-state index in [1.165, 1.54) is 5.57 Å². The molecule has 208 valence electrons.